The zero-order chi connectivity index (χ0) is 103. The SMILES string of the molecule is CC1CN(c2cc(N3CCN(C)CC3)n3nc([C@@H]4CCCCN4C(=O)c4cc(Cl)ccc4NS(C)(=O)=O)cc3n2)C1.CC1CN(c2ccn3nc([C@@H]4CCCCN4C(=O)c4cc(Cl)ccc4NS(C)(=O)=O)cc3n2)C1.C[C@@H]1CCN(c2ccn3nc([C@@H]4CCCCN4C(=O)c4cc(Cl)ccc4NS(C)(=O)=O)cc3n2)C1.Cc1cc(N2CC(C)C2)nc2cc([C@@H]3CCCCN3C(=O)c3cc(Cl)ccc3NS(C)(=O)=O)nn12. The molecule has 0 spiro atoms. The number of halogens is 4. The zero-order valence-corrected chi connectivity index (χ0v) is 89.0. The van der Waals surface area contributed by atoms with Crippen LogP contribution >= 0.6 is 46.4 Å². The number of hydrogen-bond acceptors (Lipinski definition) is 26. The topological polar surface area (TPSA) is 406 Å². The zero-order valence-electron chi connectivity index (χ0n) is 82.7. The third kappa shape index (κ3) is 24.1. The number of likely N-dealkylation sites (tertiary alicyclic amines) is 4. The molecule has 12 aromatic rings. The molecule has 0 bridgehead atoms. The second-order valence-electron chi connectivity index (χ2n) is 40.2. The first-order valence-electron chi connectivity index (χ1n) is 49.3. The molecule has 4 aromatic carbocycles. The highest BCUT2D eigenvalue weighted by Gasteiger charge is 2.40. The molecule has 9 aliphatic heterocycles. The number of anilines is 9. The predicted octanol–water partition coefficient (Wildman–Crippen LogP) is 14.8. The highest BCUT2D eigenvalue weighted by molar-refractivity contribution is 7.92. The number of piperidine rings is 4. The summed E-state index contributed by atoms with van der Waals surface area (Å²) in [4.78, 5) is 95.4. The summed E-state index contributed by atoms with van der Waals surface area (Å²) in [7, 11) is -12.1. The summed E-state index contributed by atoms with van der Waals surface area (Å²) >= 11 is 24.8. The quantitative estimate of drug-likeness (QED) is 0.0519. The number of rotatable bonds is 21. The lowest BCUT2D eigenvalue weighted by Gasteiger charge is -2.39. The summed E-state index contributed by atoms with van der Waals surface area (Å²) in [5.74, 6) is 6.35. The molecule has 4 amide bonds. The second kappa shape index (κ2) is 42.7. The maximum absolute atomic E-state index is 14.0. The van der Waals surface area contributed by atoms with Crippen molar-refractivity contribution in [2.24, 2.45) is 23.7 Å². The van der Waals surface area contributed by atoms with Crippen LogP contribution < -0.4 is 43.4 Å². The number of benzene rings is 4. The molecule has 8 aromatic heterocycles. The van der Waals surface area contributed by atoms with Crippen molar-refractivity contribution in [3.8, 4) is 0 Å². The molecule has 9 fully saturated rings. The van der Waals surface area contributed by atoms with Crippen molar-refractivity contribution >= 4 is 185 Å². The smallest absolute Gasteiger partial charge is 0.256 e. The van der Waals surface area contributed by atoms with Crippen molar-refractivity contribution in [2.45, 2.75) is 142 Å². The van der Waals surface area contributed by atoms with Crippen LogP contribution in [-0.2, 0) is 40.1 Å². The molecule has 5 atom stereocenters. The van der Waals surface area contributed by atoms with Crippen LogP contribution in [0.5, 0.6) is 0 Å². The fourth-order valence-corrected chi connectivity index (χ4v) is 23.7. The van der Waals surface area contributed by atoms with Crippen molar-refractivity contribution in [3.05, 3.63) is 205 Å². The summed E-state index contributed by atoms with van der Waals surface area (Å²) in [5, 5.41) is 20.8. The van der Waals surface area contributed by atoms with Gasteiger partial charge < -0.3 is 49.0 Å². The first-order chi connectivity index (χ1) is 69.0. The summed E-state index contributed by atoms with van der Waals surface area (Å²) in [6.45, 7) is 24.9. The Kier molecular flexibility index (Phi) is 30.4. The average molecular weight is 2140 g/mol. The number of amides is 4. The van der Waals surface area contributed by atoms with Gasteiger partial charge in [0.15, 0.2) is 22.6 Å². The van der Waals surface area contributed by atoms with Crippen molar-refractivity contribution in [1.29, 1.82) is 0 Å². The number of nitrogens with one attached hydrogen (secondary N) is 4. The van der Waals surface area contributed by atoms with E-state index in [2.05, 4.69) is 95.2 Å². The molecule has 21 rings (SSSR count). The molecule has 0 unspecified atom stereocenters. The van der Waals surface area contributed by atoms with Gasteiger partial charge in [0, 0.05) is 179 Å². The fourth-order valence-electron chi connectivity index (χ4n) is 20.7. The Morgan fingerprint density at radius 2 is 0.621 bits per heavy atom. The van der Waals surface area contributed by atoms with E-state index in [0.717, 1.165) is 267 Å². The van der Waals surface area contributed by atoms with Crippen LogP contribution in [0.3, 0.4) is 0 Å². The normalized spacial score (nSPS) is 20.1. The van der Waals surface area contributed by atoms with Gasteiger partial charge in [0.1, 0.15) is 29.1 Å². The number of likely N-dealkylation sites (N-methyl/N-ethyl adjacent to an activating group) is 1. The summed E-state index contributed by atoms with van der Waals surface area (Å²) in [6, 6.07) is 33.4. The lowest BCUT2D eigenvalue weighted by atomic mass is 9.98. The number of carbonyl (C=O) groups excluding carboxylic acids is 4. The molecule has 0 aliphatic carbocycles. The van der Waals surface area contributed by atoms with Crippen LogP contribution in [0.2, 0.25) is 20.1 Å². The Labute approximate surface area is 864 Å². The molecule has 9 saturated heterocycles. The maximum atomic E-state index is 14.0. The summed E-state index contributed by atoms with van der Waals surface area (Å²) in [5.41, 5.74) is 8.88. The first kappa shape index (κ1) is 103. The molecule has 0 radical (unpaired) electrons. The van der Waals surface area contributed by atoms with Crippen LogP contribution in [-0.4, -0.2) is 277 Å². The molecule has 9 aliphatic rings. The number of aryl methyl sites for hydroxylation is 1. The lowest BCUT2D eigenvalue weighted by Crippen LogP contribution is -2.47. The minimum Gasteiger partial charge on any atom is -0.356 e. The van der Waals surface area contributed by atoms with Gasteiger partial charge >= 0.3 is 0 Å². The van der Waals surface area contributed by atoms with Gasteiger partial charge in [-0.3, -0.25) is 38.1 Å². The van der Waals surface area contributed by atoms with Crippen molar-refractivity contribution in [2.75, 3.05) is 180 Å². The van der Waals surface area contributed by atoms with Crippen LogP contribution in [0.25, 0.3) is 22.6 Å². The van der Waals surface area contributed by atoms with E-state index < -0.39 is 40.1 Å². The van der Waals surface area contributed by atoms with E-state index in [1.807, 2.05) is 64.7 Å². The molecule has 4 N–H and O–H groups in total. The molecular formula is C99H122Cl4N26O12S4. The van der Waals surface area contributed by atoms with E-state index in [1.54, 1.807) is 52.9 Å². The van der Waals surface area contributed by atoms with E-state index in [9.17, 15) is 52.8 Å². The van der Waals surface area contributed by atoms with Gasteiger partial charge in [-0.15, -0.1) is 0 Å². The second-order valence-corrected chi connectivity index (χ2v) is 48.9. The highest BCUT2D eigenvalue weighted by atomic mass is 35.5. The lowest BCUT2D eigenvalue weighted by molar-refractivity contribution is 0.0600. The number of carbonyl (C=O) groups is 4. The summed E-state index contributed by atoms with van der Waals surface area (Å²) in [6.07, 6.45) is 19.6. The van der Waals surface area contributed by atoms with Gasteiger partial charge in [-0.25, -0.2) is 67.2 Å². The molecule has 772 valence electrons. The fraction of sp³-hybridized carbons (Fsp3) is 0.475. The molecule has 46 heteroatoms. The molecule has 17 heterocycles. The van der Waals surface area contributed by atoms with Crippen LogP contribution in [0.15, 0.2) is 134 Å². The van der Waals surface area contributed by atoms with E-state index in [-0.39, 0.29) is 92.8 Å². The molecule has 145 heavy (non-hydrogen) atoms. The number of hydrogen-bond donors (Lipinski definition) is 4. The van der Waals surface area contributed by atoms with E-state index in [0.29, 0.717) is 69.9 Å². The monoisotopic (exact) mass is 2130 g/mol. The van der Waals surface area contributed by atoms with E-state index in [1.165, 1.54) is 48.5 Å². The number of nitrogens with zero attached hydrogens (tertiary/aromatic N) is 22. The Morgan fingerprint density at radius 1 is 0.317 bits per heavy atom. The Hall–Kier alpha value is -11.6. The van der Waals surface area contributed by atoms with Gasteiger partial charge in [0.25, 0.3) is 23.6 Å². The number of aromatic nitrogens is 12. The Balaban J connectivity index is 0.000000127. The van der Waals surface area contributed by atoms with Gasteiger partial charge in [-0.05, 0) is 206 Å². The molecular weight excluding hydrogens is 2020 g/mol. The number of fused-ring (bicyclic) bond motifs is 4. The number of piperazine rings is 1. The largest absolute Gasteiger partial charge is 0.356 e. The van der Waals surface area contributed by atoms with Crippen LogP contribution in [0, 0.1) is 30.6 Å². The minimum atomic E-state index is -3.59. The van der Waals surface area contributed by atoms with Crippen LogP contribution in [0.4, 0.5) is 51.8 Å². The van der Waals surface area contributed by atoms with Crippen molar-refractivity contribution < 1.29 is 52.8 Å². The minimum absolute atomic E-state index is 0.214. The predicted molar refractivity (Wildman–Crippen MR) is 567 cm³/mol. The van der Waals surface area contributed by atoms with Gasteiger partial charge in [0.05, 0.1) is 117 Å². The van der Waals surface area contributed by atoms with Gasteiger partial charge in [-0.1, -0.05) is 74.1 Å². The van der Waals surface area contributed by atoms with Crippen molar-refractivity contribution in [3.63, 3.8) is 0 Å². The van der Waals surface area contributed by atoms with E-state index >= 15 is 0 Å². The van der Waals surface area contributed by atoms with Gasteiger partial charge in [-0.2, -0.15) is 24.9 Å². The average Bonchev–Trinajstić information content (AvgIpc) is 1.60. The van der Waals surface area contributed by atoms with Crippen LogP contribution in [0.1, 0.15) is 205 Å². The third-order valence-corrected chi connectivity index (χ3v) is 31.2. The number of sulfonamides is 4. The Bertz CT molecular complexity index is 7420. The first-order valence-corrected chi connectivity index (χ1v) is 58.3. The molecule has 38 nitrogen and oxygen atoms in total. The molecule has 0 saturated carbocycles. The maximum Gasteiger partial charge on any atom is 0.256 e. The third-order valence-electron chi connectivity index (χ3n) is 27.9. The Morgan fingerprint density at radius 3 is 0.959 bits per heavy atom. The van der Waals surface area contributed by atoms with Crippen molar-refractivity contribution in [1.82, 2.24) is 82.9 Å². The summed E-state index contributed by atoms with van der Waals surface area (Å²) < 4.78 is 112. The standard InChI is InChI=1S/C28H37ClN8O3S.2C24H29ClN6O3S.C23H27ClN6O3S/c1-19-17-35(18-19)25-16-27(34-12-10-33(2)11-13-34)37-26(30-25)15-23(31-37)24-6-4-5-9-36(24)28(38)21-14-20(29)7-8-22(21)32-41(3,39)40;1-15-13-29(14-15)22-10-16(2)31-23(26-22)12-20(27-31)21-6-4-5-9-30(21)24(32)18-11-17(25)7-8-19(18)28-35(3,33)34;1-16-8-11-29(15-16)22-9-12-31-23(26-22)14-20(27-31)21-5-3-4-10-30(21)24(32)18-13-17(25)6-7-19(18)28-35(2,33)34;1-15-13-28(14-15)21-8-10-30-22(25-21)12-19(26-30)20-5-3-4-9-29(20)23(31)17-11-16(24)6-7-18(17)27-34(2,32)33/h7-8,14-16,19,24,32H,4-6,9-13,17-18H2,1-3H3;7-8,10-12,15,21,28H,4-6,9,13-14H2,1-3H3;6-7,9,12-14,16,21,28H,3-5,8,10-11,15H2,1-2H3;6-8,10-12,15,20,27H,3-5,9,13-14H2,1-2H3/t24-;21-;16-,21+;20-/m0010/s1. The van der Waals surface area contributed by atoms with E-state index in [4.69, 9.17) is 86.7 Å². The highest BCUT2D eigenvalue weighted by Crippen LogP contribution is 2.43. The van der Waals surface area contributed by atoms with Gasteiger partial charge in [0.2, 0.25) is 40.1 Å².